The topological polar surface area (TPSA) is 29.5 Å². The van der Waals surface area contributed by atoms with E-state index in [4.69, 9.17) is 4.74 Å². The highest BCUT2D eigenvalue weighted by Gasteiger charge is 2.41. The third kappa shape index (κ3) is 5.51. The highest BCUT2D eigenvalue weighted by molar-refractivity contribution is 6.90. The molecule has 0 aromatic heterocycles. The minimum absolute atomic E-state index is 0.183. The lowest BCUT2D eigenvalue weighted by molar-refractivity contribution is 0.0230. The van der Waals surface area contributed by atoms with Gasteiger partial charge >= 0.3 is 6.09 Å². The van der Waals surface area contributed by atoms with Gasteiger partial charge in [-0.15, -0.1) is 11.5 Å². The Labute approximate surface area is 156 Å². The first-order valence-electron chi connectivity index (χ1n) is 9.91. The molecule has 4 heteroatoms. The van der Waals surface area contributed by atoms with Gasteiger partial charge in [-0.2, -0.15) is 0 Å². The van der Waals surface area contributed by atoms with E-state index in [1.54, 1.807) is 0 Å². The number of hydrogen-bond acceptors (Lipinski definition) is 2. The first-order chi connectivity index (χ1) is 11.4. The van der Waals surface area contributed by atoms with Gasteiger partial charge in [0.05, 0.1) is 0 Å². The lowest BCUT2D eigenvalue weighted by atomic mass is 10.1. The Bertz CT molecular complexity index is 486. The zero-order valence-electron chi connectivity index (χ0n) is 17.9. The van der Waals surface area contributed by atoms with E-state index in [2.05, 4.69) is 53.0 Å². The largest absolute Gasteiger partial charge is 0.444 e. The molecule has 1 aliphatic rings. The minimum Gasteiger partial charge on any atom is -0.444 e. The Morgan fingerprint density at radius 3 is 2.08 bits per heavy atom. The van der Waals surface area contributed by atoms with Crippen LogP contribution in [0.5, 0.6) is 0 Å². The standard InChI is InChI=1S/C21H39NO2Si/c1-16(2)25(17(3)4,18(5)6)15-11-13-19-12-10-14-22(19)20(23)24-21(7,8)9/h16-19H,10,12-14H2,1-9H3. The Kier molecular flexibility index (Phi) is 7.62. The third-order valence-electron chi connectivity index (χ3n) is 5.51. The molecule has 0 aromatic rings. The van der Waals surface area contributed by atoms with Crippen LogP contribution >= 0.6 is 0 Å². The summed E-state index contributed by atoms with van der Waals surface area (Å²) >= 11 is 0. The monoisotopic (exact) mass is 365 g/mol. The van der Waals surface area contributed by atoms with Crippen molar-refractivity contribution in [1.82, 2.24) is 4.90 Å². The predicted molar refractivity (Wildman–Crippen MR) is 109 cm³/mol. The van der Waals surface area contributed by atoms with Gasteiger partial charge in [0.1, 0.15) is 13.7 Å². The molecule has 0 aliphatic carbocycles. The van der Waals surface area contributed by atoms with Crippen LogP contribution in [0.15, 0.2) is 0 Å². The molecule has 0 aromatic carbocycles. The van der Waals surface area contributed by atoms with Crippen LogP contribution < -0.4 is 0 Å². The van der Waals surface area contributed by atoms with Gasteiger partial charge in [0.15, 0.2) is 0 Å². The zero-order valence-corrected chi connectivity index (χ0v) is 18.9. The molecule has 0 bridgehead atoms. The van der Waals surface area contributed by atoms with E-state index < -0.39 is 13.7 Å². The number of nitrogens with zero attached hydrogens (tertiary/aromatic N) is 1. The fraction of sp³-hybridized carbons (Fsp3) is 0.857. The summed E-state index contributed by atoms with van der Waals surface area (Å²) in [7, 11) is -1.68. The first kappa shape index (κ1) is 22.1. The van der Waals surface area contributed by atoms with Crippen molar-refractivity contribution < 1.29 is 9.53 Å². The van der Waals surface area contributed by atoms with Gasteiger partial charge in [0.2, 0.25) is 0 Å². The molecule has 0 saturated carbocycles. The Balaban J connectivity index is 2.88. The molecule has 1 unspecified atom stereocenters. The fourth-order valence-electron chi connectivity index (χ4n) is 4.36. The molecule has 1 aliphatic heterocycles. The van der Waals surface area contributed by atoms with Crippen LogP contribution in [-0.4, -0.2) is 37.3 Å². The van der Waals surface area contributed by atoms with E-state index in [9.17, 15) is 4.79 Å². The molecule has 1 saturated heterocycles. The molecule has 0 radical (unpaired) electrons. The molecule has 3 nitrogen and oxygen atoms in total. The van der Waals surface area contributed by atoms with Crippen LogP contribution in [0.2, 0.25) is 16.6 Å². The van der Waals surface area contributed by atoms with Gasteiger partial charge in [0.25, 0.3) is 0 Å². The molecule has 0 N–H and O–H groups in total. The smallest absolute Gasteiger partial charge is 0.410 e. The first-order valence-corrected chi connectivity index (χ1v) is 12.1. The minimum atomic E-state index is -1.68. The number of hydrogen-bond donors (Lipinski definition) is 0. The van der Waals surface area contributed by atoms with Crippen molar-refractivity contribution in [3.8, 4) is 11.5 Å². The van der Waals surface area contributed by atoms with Gasteiger partial charge in [-0.25, -0.2) is 4.79 Å². The maximum atomic E-state index is 12.4. The molecule has 0 spiro atoms. The lowest BCUT2D eigenvalue weighted by Gasteiger charge is -2.38. The molecule has 25 heavy (non-hydrogen) atoms. The number of amides is 1. The van der Waals surface area contributed by atoms with Crippen LogP contribution in [0.25, 0.3) is 0 Å². The highest BCUT2D eigenvalue weighted by atomic mass is 28.3. The van der Waals surface area contributed by atoms with E-state index >= 15 is 0 Å². The van der Waals surface area contributed by atoms with Crippen LogP contribution in [-0.2, 0) is 4.74 Å². The molecular weight excluding hydrogens is 326 g/mol. The summed E-state index contributed by atoms with van der Waals surface area (Å²) < 4.78 is 5.56. The summed E-state index contributed by atoms with van der Waals surface area (Å²) in [5.41, 5.74) is 5.27. The summed E-state index contributed by atoms with van der Waals surface area (Å²) in [6.07, 6.45) is 2.68. The summed E-state index contributed by atoms with van der Waals surface area (Å²) in [6, 6.07) is 0.209. The maximum absolute atomic E-state index is 12.4. The van der Waals surface area contributed by atoms with Crippen molar-refractivity contribution >= 4 is 14.2 Å². The molecule has 1 amide bonds. The van der Waals surface area contributed by atoms with E-state index in [-0.39, 0.29) is 12.1 Å². The van der Waals surface area contributed by atoms with Crippen LogP contribution in [0, 0.1) is 11.5 Å². The summed E-state index contributed by atoms with van der Waals surface area (Å²) in [6.45, 7) is 20.6. The maximum Gasteiger partial charge on any atom is 0.410 e. The average Bonchev–Trinajstić information content (AvgIpc) is 2.88. The summed E-state index contributed by atoms with van der Waals surface area (Å²) in [5, 5.41) is 0. The van der Waals surface area contributed by atoms with Crippen LogP contribution in [0.4, 0.5) is 4.79 Å². The van der Waals surface area contributed by atoms with Crippen LogP contribution in [0.1, 0.15) is 81.6 Å². The zero-order chi connectivity index (χ0) is 19.4. The van der Waals surface area contributed by atoms with E-state index in [0.29, 0.717) is 16.6 Å². The van der Waals surface area contributed by atoms with Crippen molar-refractivity contribution in [2.75, 3.05) is 6.54 Å². The molecule has 144 valence electrons. The third-order valence-corrected chi connectivity index (χ3v) is 11.9. The summed E-state index contributed by atoms with van der Waals surface area (Å²) in [4.78, 5) is 14.3. The molecule has 1 atom stereocenters. The van der Waals surface area contributed by atoms with E-state index in [0.717, 1.165) is 25.8 Å². The fourth-order valence-corrected chi connectivity index (χ4v) is 9.64. The van der Waals surface area contributed by atoms with Crippen LogP contribution in [0.3, 0.4) is 0 Å². The Morgan fingerprint density at radius 1 is 1.12 bits per heavy atom. The lowest BCUT2D eigenvalue weighted by Crippen LogP contribution is -2.43. The van der Waals surface area contributed by atoms with Gasteiger partial charge in [0, 0.05) is 19.0 Å². The Hall–Kier alpha value is -0.953. The van der Waals surface area contributed by atoms with Gasteiger partial charge in [-0.1, -0.05) is 41.5 Å². The average molecular weight is 366 g/mol. The normalized spacial score (nSPS) is 18.7. The summed E-state index contributed by atoms with van der Waals surface area (Å²) in [5.74, 6) is 3.52. The molecular formula is C21H39NO2Si. The second-order valence-electron chi connectivity index (χ2n) is 9.37. The molecule has 1 fully saturated rings. The van der Waals surface area contributed by atoms with Crippen molar-refractivity contribution in [3.63, 3.8) is 0 Å². The van der Waals surface area contributed by atoms with Crippen molar-refractivity contribution in [2.45, 2.75) is 110 Å². The molecule has 1 heterocycles. The SMILES string of the molecule is CC(C)[Si](C#CCC1CCCN1C(=O)OC(C)(C)C)(C(C)C)C(C)C. The van der Waals surface area contributed by atoms with Gasteiger partial charge in [-0.05, 0) is 50.2 Å². The van der Waals surface area contributed by atoms with E-state index in [1.165, 1.54) is 0 Å². The second-order valence-corrected chi connectivity index (χ2v) is 15.0. The quantitative estimate of drug-likeness (QED) is 0.452. The molecule has 1 rings (SSSR count). The number of carbonyl (C=O) groups is 1. The number of carbonyl (C=O) groups excluding carboxylic acids is 1. The number of ether oxygens (including phenoxy) is 1. The van der Waals surface area contributed by atoms with Crippen molar-refractivity contribution in [1.29, 1.82) is 0 Å². The van der Waals surface area contributed by atoms with E-state index in [1.807, 2.05) is 25.7 Å². The number of rotatable bonds is 4. The Morgan fingerprint density at radius 2 is 1.64 bits per heavy atom. The number of likely N-dealkylation sites (tertiary alicyclic amines) is 1. The highest BCUT2D eigenvalue weighted by Crippen LogP contribution is 2.40. The van der Waals surface area contributed by atoms with Crippen molar-refractivity contribution in [3.05, 3.63) is 0 Å². The van der Waals surface area contributed by atoms with Crippen molar-refractivity contribution in [2.24, 2.45) is 0 Å². The predicted octanol–water partition coefficient (Wildman–Crippen LogP) is 6.00. The second kappa shape index (κ2) is 8.62. The van der Waals surface area contributed by atoms with Gasteiger partial charge < -0.3 is 9.64 Å². The van der Waals surface area contributed by atoms with Gasteiger partial charge in [-0.3, -0.25) is 0 Å².